The van der Waals surface area contributed by atoms with Crippen LogP contribution < -0.4 is 0 Å². The van der Waals surface area contributed by atoms with Gasteiger partial charge in [-0.25, -0.2) is 4.79 Å². The Labute approximate surface area is 155 Å². The Balaban J connectivity index is 2.18. The van der Waals surface area contributed by atoms with Crippen LogP contribution in [0.3, 0.4) is 0 Å². The van der Waals surface area contributed by atoms with Gasteiger partial charge in [-0.05, 0) is 46.0 Å². The van der Waals surface area contributed by atoms with Crippen molar-refractivity contribution in [1.29, 1.82) is 5.41 Å². The van der Waals surface area contributed by atoms with E-state index in [1.807, 2.05) is 26.8 Å². The summed E-state index contributed by atoms with van der Waals surface area (Å²) in [6, 6.07) is -0.192. The number of rotatable bonds is 1. The van der Waals surface area contributed by atoms with Crippen LogP contribution in [0.4, 0.5) is 4.79 Å². The Morgan fingerprint density at radius 3 is 2.88 bits per heavy atom. The third-order valence-corrected chi connectivity index (χ3v) is 4.43. The molecule has 25 heavy (non-hydrogen) atoms. The topological polar surface area (TPSA) is 65.8 Å². The monoisotopic (exact) mass is 363 g/mol. The lowest BCUT2D eigenvalue weighted by Gasteiger charge is -2.26. The van der Waals surface area contributed by atoms with Crippen molar-refractivity contribution in [3.05, 3.63) is 11.6 Å². The van der Waals surface area contributed by atoms with Gasteiger partial charge < -0.3 is 4.74 Å². The molecule has 6 heteroatoms. The third-order valence-electron chi connectivity index (χ3n) is 4.12. The largest absolute Gasteiger partial charge is 0.444 e. The van der Waals surface area contributed by atoms with E-state index in [-0.39, 0.29) is 28.9 Å². The number of hydrogen-bond acceptors (Lipinski definition) is 4. The van der Waals surface area contributed by atoms with Gasteiger partial charge in [0.2, 0.25) is 0 Å². The zero-order valence-corrected chi connectivity index (χ0v) is 16.1. The Morgan fingerprint density at radius 1 is 1.52 bits per heavy atom. The molecule has 2 unspecified atom stereocenters. The second-order valence-electron chi connectivity index (χ2n) is 7.36. The highest BCUT2D eigenvalue weighted by Gasteiger charge is 2.31. The summed E-state index contributed by atoms with van der Waals surface area (Å²) >= 11 is 6.07. The highest BCUT2D eigenvalue weighted by molar-refractivity contribution is 6.85. The third kappa shape index (κ3) is 5.34. The first kappa shape index (κ1) is 19.5. The van der Waals surface area contributed by atoms with Crippen LogP contribution in [0.2, 0.25) is 0 Å². The van der Waals surface area contributed by atoms with Crippen molar-refractivity contribution in [1.82, 2.24) is 4.90 Å². The number of carbonyl (C=O) groups is 1. The van der Waals surface area contributed by atoms with Crippen LogP contribution >= 0.6 is 11.6 Å². The molecule has 0 radical (unpaired) electrons. The van der Waals surface area contributed by atoms with Crippen LogP contribution in [-0.4, -0.2) is 46.6 Å². The fourth-order valence-electron chi connectivity index (χ4n) is 2.73. The van der Waals surface area contributed by atoms with Crippen LogP contribution in [0.25, 0.3) is 0 Å². The molecule has 0 aromatic heterocycles. The molecule has 1 saturated heterocycles. The molecule has 0 bridgehead atoms. The number of amides is 1. The van der Waals surface area contributed by atoms with E-state index >= 15 is 0 Å². The van der Waals surface area contributed by atoms with Crippen molar-refractivity contribution >= 4 is 28.6 Å². The minimum absolute atomic E-state index is 0.159. The van der Waals surface area contributed by atoms with Crippen molar-refractivity contribution in [2.24, 2.45) is 10.9 Å². The molecule has 0 aliphatic carbocycles. The van der Waals surface area contributed by atoms with Gasteiger partial charge in [-0.15, -0.1) is 0 Å². The van der Waals surface area contributed by atoms with E-state index in [0.717, 1.165) is 19.3 Å². The minimum Gasteiger partial charge on any atom is -0.444 e. The first-order chi connectivity index (χ1) is 11.7. The van der Waals surface area contributed by atoms with Crippen molar-refractivity contribution in [2.45, 2.75) is 58.6 Å². The normalized spacial score (nSPS) is 24.0. The van der Waals surface area contributed by atoms with Gasteiger partial charge in [0, 0.05) is 18.7 Å². The summed E-state index contributed by atoms with van der Waals surface area (Å²) in [5.74, 6) is 6.44. The fraction of sp³-hybridized carbons (Fsp3) is 0.632. The van der Waals surface area contributed by atoms with E-state index in [4.69, 9.17) is 21.7 Å². The molecule has 1 N–H and O–H groups in total. The predicted molar refractivity (Wildman–Crippen MR) is 101 cm³/mol. The summed E-state index contributed by atoms with van der Waals surface area (Å²) in [7, 11) is 0. The number of aliphatic imine (C=N–C) groups is 1. The summed E-state index contributed by atoms with van der Waals surface area (Å²) < 4.78 is 5.46. The van der Waals surface area contributed by atoms with Gasteiger partial charge in [-0.3, -0.25) is 15.3 Å². The Hall–Kier alpha value is -1.80. The Bertz CT molecular complexity index is 664. The molecule has 5 nitrogen and oxygen atoms in total. The average Bonchev–Trinajstić information content (AvgIpc) is 2.95. The van der Waals surface area contributed by atoms with Gasteiger partial charge in [0.1, 0.15) is 16.5 Å². The first-order valence-corrected chi connectivity index (χ1v) is 9.11. The lowest BCUT2D eigenvalue weighted by atomic mass is 10.0. The molecule has 2 rings (SSSR count). The summed E-state index contributed by atoms with van der Waals surface area (Å²) in [4.78, 5) is 18.2. The molecule has 2 heterocycles. The van der Waals surface area contributed by atoms with Crippen LogP contribution in [0, 0.1) is 23.2 Å². The molecule has 0 spiro atoms. The first-order valence-electron chi connectivity index (χ1n) is 8.73. The smallest absolute Gasteiger partial charge is 0.411 e. The highest BCUT2D eigenvalue weighted by Crippen LogP contribution is 2.21. The van der Waals surface area contributed by atoms with E-state index in [1.54, 1.807) is 4.90 Å². The maximum atomic E-state index is 12.3. The van der Waals surface area contributed by atoms with Crippen LogP contribution in [0.5, 0.6) is 0 Å². The molecule has 136 valence electrons. The molecular formula is C19H26ClN3O2. The van der Waals surface area contributed by atoms with Crippen LogP contribution in [0.15, 0.2) is 16.6 Å². The zero-order valence-electron chi connectivity index (χ0n) is 15.4. The number of hydrogen-bond donors (Lipinski definition) is 1. The lowest BCUT2D eigenvalue weighted by molar-refractivity contribution is 0.0261. The van der Waals surface area contributed by atoms with Crippen molar-refractivity contribution in [2.75, 3.05) is 13.1 Å². The summed E-state index contributed by atoms with van der Waals surface area (Å²) in [6.45, 7) is 8.86. The SMILES string of the molecule is CCC1C=C(C#CC2CCCN2C(=O)OC(C)(C)C)C(=N)C(Cl)=NC1. The second-order valence-corrected chi connectivity index (χ2v) is 7.71. The van der Waals surface area contributed by atoms with Crippen molar-refractivity contribution in [3.63, 3.8) is 0 Å². The van der Waals surface area contributed by atoms with E-state index in [0.29, 0.717) is 18.7 Å². The average molecular weight is 364 g/mol. The van der Waals surface area contributed by atoms with Gasteiger partial charge in [0.05, 0.1) is 6.04 Å². The molecule has 1 amide bonds. The van der Waals surface area contributed by atoms with Gasteiger partial charge in [0.15, 0.2) is 0 Å². The van der Waals surface area contributed by atoms with Crippen molar-refractivity contribution in [3.8, 4) is 11.8 Å². The number of halogens is 1. The highest BCUT2D eigenvalue weighted by atomic mass is 35.5. The second kappa shape index (κ2) is 8.05. The lowest BCUT2D eigenvalue weighted by Crippen LogP contribution is -2.39. The van der Waals surface area contributed by atoms with Gasteiger partial charge in [-0.2, -0.15) is 0 Å². The van der Waals surface area contributed by atoms with Crippen LogP contribution in [0.1, 0.15) is 47.0 Å². The predicted octanol–water partition coefficient (Wildman–Crippen LogP) is 4.01. The maximum Gasteiger partial charge on any atom is 0.411 e. The van der Waals surface area contributed by atoms with Gasteiger partial charge in [0.25, 0.3) is 0 Å². The Kier molecular flexibility index (Phi) is 6.29. The number of nitrogens with zero attached hydrogens (tertiary/aromatic N) is 2. The Morgan fingerprint density at radius 2 is 2.24 bits per heavy atom. The van der Waals surface area contributed by atoms with E-state index < -0.39 is 5.60 Å². The number of nitrogens with one attached hydrogen (secondary N) is 1. The number of allylic oxidation sites excluding steroid dienone is 1. The number of carbonyl (C=O) groups excluding carboxylic acids is 1. The van der Waals surface area contributed by atoms with Crippen LogP contribution in [-0.2, 0) is 4.74 Å². The fourth-order valence-corrected chi connectivity index (χ4v) is 2.90. The van der Waals surface area contributed by atoms with Gasteiger partial charge in [-0.1, -0.05) is 36.4 Å². The standard InChI is InChI=1S/C19H26ClN3O2/c1-5-13-11-14(16(21)17(20)22-12-13)8-9-15-7-6-10-23(15)18(24)25-19(2,3)4/h11,13,15,21H,5-7,10,12H2,1-4H3. The summed E-state index contributed by atoms with van der Waals surface area (Å²) in [6.07, 6.45) is 4.27. The van der Waals surface area contributed by atoms with E-state index in [9.17, 15) is 4.79 Å². The number of ether oxygens (including phenoxy) is 1. The molecule has 1 fully saturated rings. The molecule has 0 aromatic carbocycles. The summed E-state index contributed by atoms with van der Waals surface area (Å²) in [5.41, 5.74) is 0.225. The van der Waals surface area contributed by atoms with E-state index in [2.05, 4.69) is 23.8 Å². The van der Waals surface area contributed by atoms with E-state index in [1.165, 1.54) is 0 Å². The molecular weight excluding hydrogens is 338 g/mol. The molecule has 2 atom stereocenters. The molecule has 0 aromatic rings. The number of likely N-dealkylation sites (tertiary alicyclic amines) is 1. The minimum atomic E-state index is -0.526. The van der Waals surface area contributed by atoms with Crippen molar-refractivity contribution < 1.29 is 9.53 Å². The quantitative estimate of drug-likeness (QED) is 0.715. The molecule has 2 aliphatic rings. The maximum absolute atomic E-state index is 12.3. The van der Waals surface area contributed by atoms with Gasteiger partial charge >= 0.3 is 6.09 Å². The molecule has 2 aliphatic heterocycles. The molecule has 0 saturated carbocycles. The zero-order chi connectivity index (χ0) is 18.6. The summed E-state index contributed by atoms with van der Waals surface area (Å²) in [5, 5.41) is 8.35.